The number of isothiocyanates is 1. The van der Waals surface area contributed by atoms with E-state index in [9.17, 15) is 0 Å². The average molecular weight is 330 g/mol. The van der Waals surface area contributed by atoms with Gasteiger partial charge in [-0.05, 0) is 93.2 Å². The first-order valence-corrected chi connectivity index (χ1v) is 9.72. The molecule has 0 saturated heterocycles. The lowest BCUT2D eigenvalue weighted by Gasteiger charge is -2.61. The van der Waals surface area contributed by atoms with Crippen LogP contribution in [-0.2, 0) is 0 Å². The van der Waals surface area contributed by atoms with Gasteiger partial charge in [-0.1, -0.05) is 31.6 Å². The summed E-state index contributed by atoms with van der Waals surface area (Å²) in [5.74, 6) is 4.10. The first-order chi connectivity index (χ1) is 10.9. The third-order valence-corrected chi connectivity index (χ3v) is 7.40. The summed E-state index contributed by atoms with van der Waals surface area (Å²) in [4.78, 5) is 4.88. The lowest BCUT2D eigenvalue weighted by Crippen LogP contribution is -2.59. The van der Waals surface area contributed by atoms with E-state index in [1.807, 2.05) is 0 Å². The molecule has 0 radical (unpaired) electrons. The predicted molar refractivity (Wildman–Crippen MR) is 102 cm³/mol. The molecule has 0 amide bonds. The van der Waals surface area contributed by atoms with Crippen molar-refractivity contribution in [1.29, 1.82) is 0 Å². The molecule has 1 nitrogen and oxygen atoms in total. The smallest absolute Gasteiger partial charge is 0.0775 e. The van der Waals surface area contributed by atoms with Crippen LogP contribution in [-0.4, -0.2) is 10.7 Å². The molecule has 7 atom stereocenters. The molecule has 0 bridgehead atoms. The molecular formula is C21H31NS. The van der Waals surface area contributed by atoms with Gasteiger partial charge in [0, 0.05) is 0 Å². The number of allylic oxidation sites excluding steroid dienone is 2. The molecule has 0 spiro atoms. The quantitative estimate of drug-likeness (QED) is 0.347. The second-order valence-corrected chi connectivity index (χ2v) is 8.86. The lowest BCUT2D eigenvalue weighted by atomic mass is 9.45. The Kier molecular flexibility index (Phi) is 4.69. The molecule has 126 valence electrons. The van der Waals surface area contributed by atoms with E-state index in [4.69, 9.17) is 17.2 Å². The van der Waals surface area contributed by atoms with Gasteiger partial charge in [0.1, 0.15) is 0 Å². The first-order valence-electron chi connectivity index (χ1n) is 9.31. The van der Waals surface area contributed by atoms with Crippen LogP contribution in [0.3, 0.4) is 0 Å². The van der Waals surface area contributed by atoms with E-state index in [2.05, 4.69) is 39.1 Å². The second-order valence-electron chi connectivity index (χ2n) is 8.68. The molecule has 0 N–H and O–H groups in total. The van der Waals surface area contributed by atoms with E-state index in [0.29, 0.717) is 23.7 Å². The normalized spacial score (nSPS) is 45.8. The topological polar surface area (TPSA) is 12.4 Å². The van der Waals surface area contributed by atoms with E-state index in [-0.39, 0.29) is 5.54 Å². The first kappa shape index (κ1) is 17.1. The van der Waals surface area contributed by atoms with Gasteiger partial charge in [0.15, 0.2) is 0 Å². The van der Waals surface area contributed by atoms with Crippen molar-refractivity contribution in [2.24, 2.45) is 40.5 Å². The highest BCUT2D eigenvalue weighted by Crippen LogP contribution is 2.62. The van der Waals surface area contributed by atoms with E-state index in [0.717, 1.165) is 31.1 Å². The Hall–Kier alpha value is -0.720. The van der Waals surface area contributed by atoms with Crippen LogP contribution in [0.2, 0.25) is 0 Å². The van der Waals surface area contributed by atoms with Crippen LogP contribution >= 0.6 is 12.2 Å². The highest BCUT2D eigenvalue weighted by molar-refractivity contribution is 7.78. The van der Waals surface area contributed by atoms with Crippen molar-refractivity contribution < 1.29 is 0 Å². The van der Waals surface area contributed by atoms with Crippen molar-refractivity contribution >= 4 is 17.4 Å². The summed E-state index contributed by atoms with van der Waals surface area (Å²) < 4.78 is 0. The fraction of sp³-hybridized carbons (Fsp3) is 0.762. The van der Waals surface area contributed by atoms with Crippen LogP contribution in [0.4, 0.5) is 0 Å². The molecular weight excluding hydrogens is 298 g/mol. The van der Waals surface area contributed by atoms with E-state index in [1.54, 1.807) is 0 Å². The Morgan fingerprint density at radius 2 is 2.13 bits per heavy atom. The van der Waals surface area contributed by atoms with Crippen LogP contribution in [0, 0.1) is 35.5 Å². The van der Waals surface area contributed by atoms with Crippen LogP contribution in [0.25, 0.3) is 0 Å². The molecule has 0 aromatic heterocycles. The third-order valence-electron chi connectivity index (χ3n) is 7.31. The molecule has 0 aliphatic heterocycles. The van der Waals surface area contributed by atoms with Crippen LogP contribution in [0.15, 0.2) is 29.3 Å². The third kappa shape index (κ3) is 2.68. The van der Waals surface area contributed by atoms with Gasteiger partial charge in [-0.15, -0.1) is 6.58 Å². The Balaban J connectivity index is 2.07. The number of rotatable bonds is 3. The second kappa shape index (κ2) is 6.30. The summed E-state index contributed by atoms with van der Waals surface area (Å²) in [6.07, 6.45) is 7.34. The van der Waals surface area contributed by atoms with Gasteiger partial charge < -0.3 is 0 Å². The van der Waals surface area contributed by atoms with E-state index >= 15 is 0 Å². The lowest BCUT2D eigenvalue weighted by molar-refractivity contribution is -0.0643. The summed E-state index contributed by atoms with van der Waals surface area (Å²) in [5, 5.41) is 2.79. The summed E-state index contributed by atoms with van der Waals surface area (Å²) in [5.41, 5.74) is 2.81. The van der Waals surface area contributed by atoms with Gasteiger partial charge in [0.25, 0.3) is 0 Å². The summed E-state index contributed by atoms with van der Waals surface area (Å²) in [6.45, 7) is 15.7. The van der Waals surface area contributed by atoms with Crippen LogP contribution < -0.4 is 0 Å². The highest BCUT2D eigenvalue weighted by atomic mass is 32.1. The fourth-order valence-corrected chi connectivity index (χ4v) is 6.56. The number of aliphatic imine (C=N–C) groups is 1. The van der Waals surface area contributed by atoms with Crippen molar-refractivity contribution in [2.45, 2.75) is 64.8 Å². The molecule has 1 unspecified atom stereocenters. The van der Waals surface area contributed by atoms with Crippen molar-refractivity contribution in [1.82, 2.24) is 0 Å². The van der Waals surface area contributed by atoms with Crippen LogP contribution in [0.1, 0.15) is 59.3 Å². The van der Waals surface area contributed by atoms with Gasteiger partial charge in [-0.25, -0.2) is 4.99 Å². The van der Waals surface area contributed by atoms with Crippen LogP contribution in [0.5, 0.6) is 0 Å². The number of hydrogen-bond acceptors (Lipinski definition) is 2. The Morgan fingerprint density at radius 1 is 1.39 bits per heavy atom. The minimum absolute atomic E-state index is 0.0263. The van der Waals surface area contributed by atoms with Gasteiger partial charge in [-0.3, -0.25) is 0 Å². The van der Waals surface area contributed by atoms with Gasteiger partial charge in [-0.2, -0.15) is 0 Å². The summed E-state index contributed by atoms with van der Waals surface area (Å²) in [6, 6.07) is 0. The zero-order chi connectivity index (χ0) is 16.8. The zero-order valence-electron chi connectivity index (χ0n) is 15.0. The SMILES string of the molecule is C=C(C)C[C@@H]1C[C@H](C)[C@H]2CC[C@H](C)C3(N=C=S)CCC(=C)[C@@H]1[C@H]23. The summed E-state index contributed by atoms with van der Waals surface area (Å²) >= 11 is 5.09. The number of nitrogens with zero attached hydrogens (tertiary/aromatic N) is 1. The molecule has 3 saturated carbocycles. The highest BCUT2D eigenvalue weighted by Gasteiger charge is 2.59. The minimum Gasteiger partial charge on any atom is -0.225 e. The van der Waals surface area contributed by atoms with E-state index < -0.39 is 0 Å². The number of hydrogen-bond donors (Lipinski definition) is 0. The van der Waals surface area contributed by atoms with Gasteiger partial charge >= 0.3 is 0 Å². The largest absolute Gasteiger partial charge is 0.225 e. The molecule has 0 heterocycles. The molecule has 0 aromatic carbocycles. The molecule has 3 rings (SSSR count). The fourth-order valence-electron chi connectivity index (χ4n) is 6.39. The Labute approximate surface area is 147 Å². The average Bonchev–Trinajstić information content (AvgIpc) is 2.47. The van der Waals surface area contributed by atoms with Crippen molar-refractivity contribution in [2.75, 3.05) is 0 Å². The maximum atomic E-state index is 5.09. The maximum Gasteiger partial charge on any atom is 0.0775 e. The standard InChI is InChI=1S/C21H31NS/c1-13(2)10-17-11-15(4)18-7-6-16(5)21(22-12-23)9-8-14(3)19(17)20(18)21/h15-20H,1,3,6-11H2,2,4-5H3/t15-,16-,17+,18+,19-,20-,21?/m0/s1. The molecule has 3 aliphatic carbocycles. The predicted octanol–water partition coefficient (Wildman–Crippen LogP) is 6.08. The molecule has 3 fully saturated rings. The molecule has 0 aromatic rings. The van der Waals surface area contributed by atoms with E-state index in [1.165, 1.54) is 30.4 Å². The molecule has 23 heavy (non-hydrogen) atoms. The minimum atomic E-state index is 0.0263. The van der Waals surface area contributed by atoms with Crippen molar-refractivity contribution in [3.63, 3.8) is 0 Å². The molecule has 3 aliphatic rings. The zero-order valence-corrected chi connectivity index (χ0v) is 15.8. The van der Waals surface area contributed by atoms with Crippen molar-refractivity contribution in [3.8, 4) is 0 Å². The maximum absolute atomic E-state index is 5.09. The van der Waals surface area contributed by atoms with Gasteiger partial charge in [0.2, 0.25) is 0 Å². The molecule has 2 heteroatoms. The number of thiocarbonyl (C=S) groups is 1. The monoisotopic (exact) mass is 329 g/mol. The van der Waals surface area contributed by atoms with Gasteiger partial charge in [0.05, 0.1) is 10.7 Å². The Morgan fingerprint density at radius 3 is 2.78 bits per heavy atom. The summed E-state index contributed by atoms with van der Waals surface area (Å²) in [7, 11) is 0. The van der Waals surface area contributed by atoms with Crippen molar-refractivity contribution in [3.05, 3.63) is 24.3 Å². The Bertz CT molecular complexity index is 558.